The smallest absolute Gasteiger partial charge is 0.269 e. The molecule has 0 atom stereocenters. The highest BCUT2D eigenvalue weighted by atomic mass is 32.2. The summed E-state index contributed by atoms with van der Waals surface area (Å²) < 4.78 is 26.5. The van der Waals surface area contributed by atoms with Gasteiger partial charge in [-0.15, -0.1) is 0 Å². The van der Waals surface area contributed by atoms with Crippen molar-refractivity contribution in [2.45, 2.75) is 24.2 Å². The van der Waals surface area contributed by atoms with Gasteiger partial charge >= 0.3 is 0 Å². The number of non-ortho nitro benzene ring substituents is 1. The van der Waals surface area contributed by atoms with Crippen molar-refractivity contribution in [2.24, 2.45) is 0 Å². The fourth-order valence-electron chi connectivity index (χ4n) is 2.01. The molecule has 1 amide bonds. The molecule has 1 rings (SSSR count). The van der Waals surface area contributed by atoms with E-state index in [0.29, 0.717) is 0 Å². The molecule has 26 heavy (non-hydrogen) atoms. The molecule has 1 aromatic rings. The van der Waals surface area contributed by atoms with E-state index in [-0.39, 0.29) is 55.4 Å². The average Bonchev–Trinajstić information content (AvgIpc) is 2.61. The average molecular weight is 379 g/mol. The molecule has 0 unspecified atom stereocenters. The Morgan fingerprint density at radius 2 is 1.69 bits per heavy atom. The van der Waals surface area contributed by atoms with Crippen LogP contribution in [0.5, 0.6) is 0 Å². The molecule has 1 N–H and O–H groups in total. The number of nitriles is 2. The van der Waals surface area contributed by atoms with E-state index in [9.17, 15) is 23.3 Å². The third-order valence-electron chi connectivity index (χ3n) is 3.33. The highest BCUT2D eigenvalue weighted by Crippen LogP contribution is 2.15. The first kappa shape index (κ1) is 21.0. The van der Waals surface area contributed by atoms with Crippen LogP contribution >= 0.6 is 0 Å². The van der Waals surface area contributed by atoms with Gasteiger partial charge < -0.3 is 4.90 Å². The number of nitro groups is 1. The van der Waals surface area contributed by atoms with Crippen LogP contribution in [0, 0.1) is 32.8 Å². The first-order valence-corrected chi connectivity index (χ1v) is 9.06. The molecule has 0 saturated heterocycles. The molecule has 0 aliphatic rings. The van der Waals surface area contributed by atoms with Crippen LogP contribution in [0.3, 0.4) is 0 Å². The predicted octanol–water partition coefficient (Wildman–Crippen LogP) is 0.919. The van der Waals surface area contributed by atoms with Crippen LogP contribution in [0.1, 0.15) is 19.3 Å². The Hall–Kier alpha value is -3.02. The summed E-state index contributed by atoms with van der Waals surface area (Å²) in [4.78, 5) is 23.2. The fourth-order valence-corrected chi connectivity index (χ4v) is 3.04. The Balaban J connectivity index is 2.63. The number of nitro benzene ring substituents is 1. The molecule has 0 heterocycles. The van der Waals surface area contributed by atoms with Gasteiger partial charge in [0, 0.05) is 38.2 Å². The van der Waals surface area contributed by atoms with E-state index in [4.69, 9.17) is 10.5 Å². The van der Waals surface area contributed by atoms with E-state index in [1.54, 1.807) is 0 Å². The number of carbonyl (C=O) groups excluding carboxylic acids is 1. The van der Waals surface area contributed by atoms with Crippen LogP contribution in [-0.2, 0) is 14.8 Å². The lowest BCUT2D eigenvalue weighted by Gasteiger charge is -2.20. The maximum atomic E-state index is 12.1. The second kappa shape index (κ2) is 10.1. The topological polar surface area (TPSA) is 157 Å². The number of nitrogens with one attached hydrogen (secondary N) is 1. The van der Waals surface area contributed by atoms with Crippen LogP contribution in [0.25, 0.3) is 0 Å². The van der Waals surface area contributed by atoms with Gasteiger partial charge in [0.05, 0.1) is 34.8 Å². The standard InChI is InChI=1S/C15H17N5O5S/c16-8-1-11-19(12-2-9-17)15(21)7-10-18-26(24,25)14-5-3-13(4-6-14)20(22)23/h3-6,18H,1-2,7,10-12H2. The Morgan fingerprint density at radius 3 is 2.15 bits per heavy atom. The Bertz CT molecular complexity index is 805. The van der Waals surface area contributed by atoms with Gasteiger partial charge in [0.2, 0.25) is 15.9 Å². The lowest BCUT2D eigenvalue weighted by Crippen LogP contribution is -2.35. The Labute approximate surface area is 150 Å². The van der Waals surface area contributed by atoms with Crippen molar-refractivity contribution in [3.63, 3.8) is 0 Å². The van der Waals surface area contributed by atoms with Gasteiger partial charge in [0.15, 0.2) is 0 Å². The van der Waals surface area contributed by atoms with Gasteiger partial charge in [-0.2, -0.15) is 10.5 Å². The van der Waals surface area contributed by atoms with Gasteiger partial charge in [-0.05, 0) is 12.1 Å². The minimum Gasteiger partial charge on any atom is -0.341 e. The molecular weight excluding hydrogens is 362 g/mol. The third kappa shape index (κ3) is 6.47. The summed E-state index contributed by atoms with van der Waals surface area (Å²) >= 11 is 0. The van der Waals surface area contributed by atoms with Gasteiger partial charge in [-0.1, -0.05) is 0 Å². The van der Waals surface area contributed by atoms with E-state index < -0.39 is 14.9 Å². The van der Waals surface area contributed by atoms with Crippen molar-refractivity contribution in [3.05, 3.63) is 34.4 Å². The molecule has 0 radical (unpaired) electrons. The van der Waals surface area contributed by atoms with Crippen molar-refractivity contribution in [1.29, 1.82) is 10.5 Å². The summed E-state index contributed by atoms with van der Waals surface area (Å²) in [7, 11) is -3.91. The van der Waals surface area contributed by atoms with E-state index in [1.807, 2.05) is 12.1 Å². The second-order valence-electron chi connectivity index (χ2n) is 5.10. The first-order valence-electron chi connectivity index (χ1n) is 7.57. The van der Waals surface area contributed by atoms with E-state index in [2.05, 4.69) is 4.72 Å². The molecule has 0 bridgehead atoms. The largest absolute Gasteiger partial charge is 0.341 e. The van der Waals surface area contributed by atoms with Crippen LogP contribution in [0.15, 0.2) is 29.2 Å². The number of hydrogen-bond donors (Lipinski definition) is 1. The lowest BCUT2D eigenvalue weighted by molar-refractivity contribution is -0.384. The monoisotopic (exact) mass is 379 g/mol. The lowest BCUT2D eigenvalue weighted by atomic mass is 10.3. The van der Waals surface area contributed by atoms with E-state index in [1.165, 1.54) is 4.90 Å². The SMILES string of the molecule is N#CCCN(CCC#N)C(=O)CCNS(=O)(=O)c1ccc([N+](=O)[O-])cc1. The Morgan fingerprint density at radius 1 is 1.15 bits per heavy atom. The highest BCUT2D eigenvalue weighted by Gasteiger charge is 2.18. The summed E-state index contributed by atoms with van der Waals surface area (Å²) in [6, 6.07) is 8.18. The molecule has 0 saturated carbocycles. The molecular formula is C15H17N5O5S. The zero-order chi connectivity index (χ0) is 19.6. The fraction of sp³-hybridized carbons (Fsp3) is 0.400. The molecule has 138 valence electrons. The molecule has 0 fully saturated rings. The maximum absolute atomic E-state index is 12.1. The first-order chi connectivity index (χ1) is 12.3. The molecule has 0 aliphatic heterocycles. The van der Waals surface area contributed by atoms with Gasteiger partial charge in [-0.3, -0.25) is 14.9 Å². The minimum atomic E-state index is -3.91. The zero-order valence-electron chi connectivity index (χ0n) is 13.8. The van der Waals surface area contributed by atoms with Crippen LogP contribution < -0.4 is 4.72 Å². The molecule has 1 aromatic carbocycles. The van der Waals surface area contributed by atoms with E-state index >= 15 is 0 Å². The van der Waals surface area contributed by atoms with Crippen molar-refractivity contribution >= 4 is 21.6 Å². The molecule has 11 heteroatoms. The van der Waals surface area contributed by atoms with Gasteiger partial charge in [-0.25, -0.2) is 13.1 Å². The second-order valence-corrected chi connectivity index (χ2v) is 6.86. The van der Waals surface area contributed by atoms with Crippen molar-refractivity contribution in [2.75, 3.05) is 19.6 Å². The van der Waals surface area contributed by atoms with Crippen LogP contribution in [0.2, 0.25) is 0 Å². The molecule has 0 aromatic heterocycles. The van der Waals surface area contributed by atoms with Crippen molar-refractivity contribution in [3.8, 4) is 12.1 Å². The number of carbonyl (C=O) groups is 1. The number of benzene rings is 1. The zero-order valence-corrected chi connectivity index (χ0v) is 14.6. The summed E-state index contributed by atoms with van der Waals surface area (Å²) in [5.41, 5.74) is -0.232. The number of amides is 1. The number of sulfonamides is 1. The van der Waals surface area contributed by atoms with Gasteiger partial charge in [0.1, 0.15) is 0 Å². The van der Waals surface area contributed by atoms with E-state index in [0.717, 1.165) is 24.3 Å². The predicted molar refractivity (Wildman–Crippen MR) is 89.9 cm³/mol. The molecule has 0 spiro atoms. The van der Waals surface area contributed by atoms with Crippen LogP contribution in [-0.4, -0.2) is 43.8 Å². The summed E-state index contributed by atoms with van der Waals surface area (Å²) in [6.45, 7) is 0.173. The quantitative estimate of drug-likeness (QED) is 0.467. The number of rotatable bonds is 10. The minimum absolute atomic E-state index is 0.117. The Kier molecular flexibility index (Phi) is 8.15. The van der Waals surface area contributed by atoms with Crippen molar-refractivity contribution in [1.82, 2.24) is 9.62 Å². The summed E-state index contributed by atoms with van der Waals surface area (Å²) in [5, 5.41) is 27.8. The number of hydrogen-bond acceptors (Lipinski definition) is 7. The number of nitrogens with zero attached hydrogens (tertiary/aromatic N) is 4. The maximum Gasteiger partial charge on any atom is 0.269 e. The van der Waals surface area contributed by atoms with Crippen LogP contribution in [0.4, 0.5) is 5.69 Å². The summed E-state index contributed by atoms with van der Waals surface area (Å²) in [5.74, 6) is -0.373. The van der Waals surface area contributed by atoms with Crippen molar-refractivity contribution < 1.29 is 18.1 Å². The highest BCUT2D eigenvalue weighted by molar-refractivity contribution is 7.89. The normalized spacial score (nSPS) is 10.5. The molecule has 10 nitrogen and oxygen atoms in total. The summed E-state index contributed by atoms with van der Waals surface area (Å²) in [6.07, 6.45) is 0.0977. The van der Waals surface area contributed by atoms with Gasteiger partial charge in [0.25, 0.3) is 5.69 Å². The third-order valence-corrected chi connectivity index (χ3v) is 4.81. The molecule has 0 aliphatic carbocycles.